The molecular formula is C61H101BN8O29. The average Bonchev–Trinajstić information content (AvgIpc) is 0.796. The van der Waals surface area contributed by atoms with Gasteiger partial charge in [-0.3, -0.25) is 33.7 Å². The molecule has 4 aliphatic heterocycles. The second-order valence-electron chi connectivity index (χ2n) is 24.4. The number of nitrogens with zero attached hydrogens (tertiary/aromatic N) is 2. The maximum absolute atomic E-state index is 13.2. The van der Waals surface area contributed by atoms with Crippen molar-refractivity contribution < 1.29 is 143 Å². The predicted molar refractivity (Wildman–Crippen MR) is 337 cm³/mol. The molecular weight excluding hydrogens is 1320 g/mol. The van der Waals surface area contributed by atoms with E-state index in [2.05, 4.69) is 32.0 Å². The van der Waals surface area contributed by atoms with Crippen LogP contribution >= 0.6 is 0 Å². The van der Waals surface area contributed by atoms with E-state index in [1.165, 1.54) is 4.90 Å². The number of benzene rings is 1. The molecule has 38 heteroatoms. The zero-order valence-electron chi connectivity index (χ0n) is 55.0. The van der Waals surface area contributed by atoms with E-state index in [1.807, 2.05) is 30.3 Å². The molecule has 0 saturated carbocycles. The Morgan fingerprint density at radius 1 is 0.444 bits per heavy atom. The third-order valence-corrected chi connectivity index (χ3v) is 16.7. The maximum Gasteiger partial charge on any atom is 0.257 e. The van der Waals surface area contributed by atoms with Crippen molar-refractivity contribution in [1.29, 1.82) is 0 Å². The number of aliphatic hydroxyl groups excluding tert-OH is 14. The molecule has 562 valence electrons. The topological polar surface area (TPSA) is 555 Å². The summed E-state index contributed by atoms with van der Waals surface area (Å²) in [6.07, 6.45) is -27.4. The van der Waals surface area contributed by atoms with Gasteiger partial charge in [0, 0.05) is 52.0 Å². The lowest BCUT2D eigenvalue weighted by Gasteiger charge is -2.45. The first-order chi connectivity index (χ1) is 47.4. The molecule has 2 radical (unpaired) electrons. The summed E-state index contributed by atoms with van der Waals surface area (Å²) in [5.41, 5.74) is 3.58. The third-order valence-electron chi connectivity index (χ3n) is 16.7. The Kier molecular flexibility index (Phi) is 38.4. The van der Waals surface area contributed by atoms with Crippen LogP contribution in [0.25, 0.3) is 0 Å². The second-order valence-corrected chi connectivity index (χ2v) is 24.4. The van der Waals surface area contributed by atoms with Crippen molar-refractivity contribution in [1.82, 2.24) is 41.8 Å². The van der Waals surface area contributed by atoms with Gasteiger partial charge in [-0.25, -0.2) is 5.43 Å². The van der Waals surface area contributed by atoms with Crippen molar-refractivity contribution in [2.75, 3.05) is 92.0 Å². The lowest BCUT2D eigenvalue weighted by molar-refractivity contribution is -0.367. The molecule has 21 atom stereocenters. The quantitative estimate of drug-likeness (QED) is 0.0125. The Labute approximate surface area is 573 Å². The molecule has 0 aliphatic carbocycles. The van der Waals surface area contributed by atoms with Crippen LogP contribution < -0.4 is 32.0 Å². The highest BCUT2D eigenvalue weighted by Crippen LogP contribution is 2.32. The molecule has 0 spiro atoms. The van der Waals surface area contributed by atoms with E-state index < -0.39 is 179 Å². The van der Waals surface area contributed by atoms with Gasteiger partial charge in [-0.15, -0.1) is 0 Å². The van der Waals surface area contributed by atoms with Gasteiger partial charge < -0.3 is 146 Å². The van der Waals surface area contributed by atoms with E-state index in [1.54, 1.807) is 0 Å². The molecule has 0 unspecified atom stereocenters. The number of carbonyl (C=O) groups is 7. The first-order valence-electron chi connectivity index (χ1n) is 33.2. The molecule has 37 nitrogen and oxygen atoms in total. The first kappa shape index (κ1) is 84.5. The number of unbranched alkanes of at least 4 members (excludes halogenated alkanes) is 6. The normalized spacial score (nSPS) is 30.4. The van der Waals surface area contributed by atoms with E-state index in [9.17, 15) is 105 Å². The minimum Gasteiger partial charge on any atom is -0.394 e. The second kappa shape index (κ2) is 45.0. The first-order valence-corrected chi connectivity index (χ1v) is 33.2. The highest BCUT2D eigenvalue weighted by Gasteiger charge is 2.53. The van der Waals surface area contributed by atoms with Crippen LogP contribution in [-0.2, 0) is 77.9 Å². The fourth-order valence-electron chi connectivity index (χ4n) is 11.0. The molecule has 0 aromatic heterocycles. The Morgan fingerprint density at radius 2 is 0.798 bits per heavy atom. The average molecular weight is 1420 g/mol. The Hall–Kier alpha value is -5.19. The highest BCUT2D eigenvalue weighted by atomic mass is 16.8. The summed E-state index contributed by atoms with van der Waals surface area (Å²) in [6.45, 7) is -4.09. The van der Waals surface area contributed by atoms with Gasteiger partial charge in [-0.1, -0.05) is 49.6 Å². The molecule has 6 amide bonds. The van der Waals surface area contributed by atoms with Crippen LogP contribution in [0.2, 0.25) is 0 Å². The van der Waals surface area contributed by atoms with Crippen LogP contribution in [0.1, 0.15) is 82.6 Å². The van der Waals surface area contributed by atoms with Gasteiger partial charge in [0.05, 0.1) is 65.3 Å². The van der Waals surface area contributed by atoms with Crippen molar-refractivity contribution in [3.05, 3.63) is 35.9 Å². The molecule has 4 aliphatic rings. The lowest BCUT2D eigenvalue weighted by atomic mass is 9.97. The number of rotatable bonds is 45. The van der Waals surface area contributed by atoms with Gasteiger partial charge >= 0.3 is 0 Å². The fraction of sp³-hybridized carbons (Fsp3) is 0.787. The van der Waals surface area contributed by atoms with Crippen LogP contribution in [0.4, 0.5) is 0 Å². The van der Waals surface area contributed by atoms with E-state index in [-0.39, 0.29) is 96.6 Å². The predicted octanol–water partition coefficient (Wildman–Crippen LogP) is -9.94. The van der Waals surface area contributed by atoms with Gasteiger partial charge in [0.25, 0.3) is 7.98 Å². The number of ether oxygens (including phenoxy) is 8. The smallest absolute Gasteiger partial charge is 0.257 e. The van der Waals surface area contributed by atoms with Crippen molar-refractivity contribution in [3.63, 3.8) is 0 Å². The fourth-order valence-corrected chi connectivity index (χ4v) is 11.0. The molecule has 99 heavy (non-hydrogen) atoms. The van der Waals surface area contributed by atoms with E-state index in [0.29, 0.717) is 70.5 Å². The Balaban J connectivity index is 1.01. The van der Waals surface area contributed by atoms with E-state index in [4.69, 9.17) is 45.9 Å². The van der Waals surface area contributed by atoms with Crippen LogP contribution in [0.3, 0.4) is 0 Å². The summed E-state index contributed by atoms with van der Waals surface area (Å²) in [5.74, 6) is -2.66. The summed E-state index contributed by atoms with van der Waals surface area (Å²) >= 11 is 0. The number of hydrogen-bond acceptors (Lipinski definition) is 31. The van der Waals surface area contributed by atoms with Crippen molar-refractivity contribution in [2.24, 2.45) is 0 Å². The summed E-state index contributed by atoms with van der Waals surface area (Å²) < 4.78 is 44.5. The molecule has 4 heterocycles. The monoisotopic (exact) mass is 1420 g/mol. The maximum atomic E-state index is 13.2. The summed E-state index contributed by atoms with van der Waals surface area (Å²) in [7, 11) is 5.89. The standard InChI is InChI=1S/C61H101BN8O29/c62-70(68-35(29-71)25-34-13-5-1-6-14-34)45(81)17-9-4-12-20-65-44(80)28-69(26-42(78)63-18-10-2-7-15-40(76)66-21-23-92-60-56(52(88)48(84)38(32-74)96-60)98-58-54(90)50(86)46(82)36(30-72)94-58)27-43(79)64-19-11-3-8-16-41(77)67-22-24-93-61-57(53(89)49(85)39(33-75)97-61)99-59-55(91)51(87)47(83)37(31-73)95-59/h1,5-6,13-14,29,35-39,46-61,68,72-75,82-91H,2-4,7-12,15-28,30-33H2,(H,63,78)(H,64,79)(H,65,80)(H,66,76)(H,67,77)/t35-,36+,37+,38+,39+,46+,47+,48+,49+,50-,51-,52-,53-,54-,55-,56-,57-,58+,59+,60-,61-/m0/s1. The zero-order chi connectivity index (χ0) is 72.6. The van der Waals surface area contributed by atoms with Crippen LogP contribution in [0.5, 0.6) is 0 Å². The largest absolute Gasteiger partial charge is 0.394 e. The van der Waals surface area contributed by atoms with Gasteiger partial charge in [0.2, 0.25) is 35.4 Å². The molecule has 0 bridgehead atoms. The molecule has 4 fully saturated rings. The van der Waals surface area contributed by atoms with Gasteiger partial charge in [0.15, 0.2) is 25.2 Å². The number of nitrogens with one attached hydrogen (secondary N) is 6. The number of amides is 6. The Morgan fingerprint density at radius 3 is 1.17 bits per heavy atom. The minimum atomic E-state index is -1.86. The molecule has 5 rings (SSSR count). The van der Waals surface area contributed by atoms with Crippen molar-refractivity contribution in [2.45, 2.75) is 212 Å². The highest BCUT2D eigenvalue weighted by molar-refractivity contribution is 6.13. The minimum absolute atomic E-state index is 0.0614. The van der Waals surface area contributed by atoms with Crippen LogP contribution in [-0.4, -0.2) is 352 Å². The number of aliphatic hydroxyl groups is 14. The van der Waals surface area contributed by atoms with E-state index >= 15 is 0 Å². The van der Waals surface area contributed by atoms with Crippen molar-refractivity contribution in [3.8, 4) is 0 Å². The number of hydrazine groups is 1. The number of carbonyl (C=O) groups excluding carboxylic acids is 7. The molecule has 1 aromatic rings. The molecule has 20 N–H and O–H groups in total. The molecule has 4 saturated heterocycles. The van der Waals surface area contributed by atoms with Crippen LogP contribution in [0.15, 0.2) is 30.3 Å². The van der Waals surface area contributed by atoms with Gasteiger partial charge in [0.1, 0.15) is 104 Å². The summed E-state index contributed by atoms with van der Waals surface area (Å²) in [6, 6.07) is 8.45. The van der Waals surface area contributed by atoms with Crippen LogP contribution in [0, 0.1) is 0 Å². The van der Waals surface area contributed by atoms with Gasteiger partial charge in [-0.2, -0.15) is 0 Å². The number of hydrogen-bond donors (Lipinski definition) is 20. The Bertz CT molecular complexity index is 2430. The SMILES string of the molecule is [B]N(N[C@H](C=O)Cc1ccccc1)C(=O)CCCCCNC(=O)CN(CC(=O)NCCCCCC(=O)NCCO[C@H]1O[C@H](CO)[C@@H](O)[C@H](O)[C@@H]1O[C@H]1O[C@H](CO)[C@@H](O)[C@H](O)[C@@H]1O)CC(=O)NCCCCCC(=O)NCCO[C@H]1O[C@H](CO)[C@@H](O)[C@H](O)[C@@H]1O[C@H]1O[C@H](CO)[C@@H](O)[C@H](O)[C@@H]1O. The van der Waals surface area contributed by atoms with Crippen molar-refractivity contribution >= 4 is 49.7 Å². The summed E-state index contributed by atoms with van der Waals surface area (Å²) in [4.78, 5) is 91.5. The zero-order valence-corrected chi connectivity index (χ0v) is 55.0. The van der Waals surface area contributed by atoms with E-state index in [0.717, 1.165) is 10.5 Å². The van der Waals surface area contributed by atoms with Gasteiger partial charge in [-0.05, 0) is 50.5 Å². The summed E-state index contributed by atoms with van der Waals surface area (Å²) in [5, 5.41) is 156. The third kappa shape index (κ3) is 27.8. The lowest BCUT2D eigenvalue weighted by Crippen LogP contribution is -2.64. The molecule has 1 aromatic carbocycles. The number of aldehydes is 1.